The fraction of sp³-hybridized carbons (Fsp3) is 0.188. The van der Waals surface area contributed by atoms with Crippen LogP contribution in [0.4, 0.5) is 8.78 Å². The summed E-state index contributed by atoms with van der Waals surface area (Å²) in [6.07, 6.45) is 0. The van der Waals surface area contributed by atoms with E-state index in [1.54, 1.807) is 23.9 Å². The molecule has 0 fully saturated rings. The van der Waals surface area contributed by atoms with Gasteiger partial charge in [0, 0.05) is 18.1 Å². The molecule has 0 saturated heterocycles. The molecule has 6 heteroatoms. The van der Waals surface area contributed by atoms with Gasteiger partial charge in [-0.1, -0.05) is 29.8 Å². The highest BCUT2D eigenvalue weighted by atomic mass is 35.5. The number of amides is 1. The van der Waals surface area contributed by atoms with Gasteiger partial charge in [-0.3, -0.25) is 4.79 Å². The van der Waals surface area contributed by atoms with Gasteiger partial charge in [-0.15, -0.1) is 0 Å². The lowest BCUT2D eigenvalue weighted by atomic mass is 10.2. The maximum absolute atomic E-state index is 13.5. The summed E-state index contributed by atoms with van der Waals surface area (Å²) >= 11 is 7.41. The molecule has 0 unspecified atom stereocenters. The standard InChI is InChI=1S/C16H14ClF2NOS/c17-13-2-1-3-14(19)15(13)16(21)20-8-9-22-10-11-4-6-12(18)7-5-11/h1-7H,8-10H2,(H,20,21). The third-order valence-corrected chi connectivity index (χ3v) is 4.25. The van der Waals surface area contributed by atoms with Crippen molar-refractivity contribution < 1.29 is 13.6 Å². The maximum Gasteiger partial charge on any atom is 0.255 e. The second kappa shape index (κ2) is 8.15. The van der Waals surface area contributed by atoms with Gasteiger partial charge >= 0.3 is 0 Å². The van der Waals surface area contributed by atoms with Gasteiger partial charge in [0.2, 0.25) is 0 Å². The van der Waals surface area contributed by atoms with Gasteiger partial charge in [-0.2, -0.15) is 11.8 Å². The molecule has 0 aliphatic carbocycles. The number of halogens is 3. The highest BCUT2D eigenvalue weighted by Gasteiger charge is 2.14. The summed E-state index contributed by atoms with van der Waals surface area (Å²) < 4.78 is 26.3. The van der Waals surface area contributed by atoms with Gasteiger partial charge in [0.05, 0.1) is 10.6 Å². The lowest BCUT2D eigenvalue weighted by Crippen LogP contribution is -2.27. The number of rotatable bonds is 6. The fourth-order valence-electron chi connectivity index (χ4n) is 1.81. The van der Waals surface area contributed by atoms with Crippen LogP contribution in [0.25, 0.3) is 0 Å². The van der Waals surface area contributed by atoms with E-state index in [0.717, 1.165) is 11.3 Å². The number of thioether (sulfide) groups is 1. The quantitative estimate of drug-likeness (QED) is 0.794. The van der Waals surface area contributed by atoms with Crippen molar-refractivity contribution in [3.63, 3.8) is 0 Å². The topological polar surface area (TPSA) is 29.1 Å². The van der Waals surface area contributed by atoms with Crippen molar-refractivity contribution in [1.82, 2.24) is 5.32 Å². The van der Waals surface area contributed by atoms with Crippen LogP contribution in [0.2, 0.25) is 5.02 Å². The minimum absolute atomic E-state index is 0.0939. The Morgan fingerprint density at radius 3 is 2.55 bits per heavy atom. The average molecular weight is 342 g/mol. The van der Waals surface area contributed by atoms with E-state index in [1.807, 2.05) is 0 Å². The Bertz CT molecular complexity index is 629. The van der Waals surface area contributed by atoms with E-state index in [0.29, 0.717) is 12.3 Å². The predicted molar refractivity (Wildman–Crippen MR) is 86.3 cm³/mol. The molecule has 0 aliphatic rings. The van der Waals surface area contributed by atoms with E-state index in [1.165, 1.54) is 30.3 Å². The summed E-state index contributed by atoms with van der Waals surface area (Å²) in [5, 5.41) is 2.73. The maximum atomic E-state index is 13.5. The van der Waals surface area contributed by atoms with Crippen LogP contribution in [-0.4, -0.2) is 18.2 Å². The summed E-state index contributed by atoms with van der Waals surface area (Å²) in [5.41, 5.74) is 0.877. The molecule has 116 valence electrons. The molecule has 2 nitrogen and oxygen atoms in total. The molecule has 0 radical (unpaired) electrons. The number of hydrogen-bond acceptors (Lipinski definition) is 2. The zero-order valence-electron chi connectivity index (χ0n) is 11.6. The minimum Gasteiger partial charge on any atom is -0.351 e. The van der Waals surface area contributed by atoms with Crippen molar-refractivity contribution in [2.75, 3.05) is 12.3 Å². The van der Waals surface area contributed by atoms with Gasteiger partial charge in [-0.05, 0) is 29.8 Å². The van der Waals surface area contributed by atoms with E-state index in [9.17, 15) is 13.6 Å². The molecule has 0 aliphatic heterocycles. The van der Waals surface area contributed by atoms with Gasteiger partial charge in [-0.25, -0.2) is 8.78 Å². The molecule has 0 spiro atoms. The van der Waals surface area contributed by atoms with Crippen molar-refractivity contribution in [3.8, 4) is 0 Å². The first kappa shape index (κ1) is 16.8. The zero-order chi connectivity index (χ0) is 15.9. The van der Waals surface area contributed by atoms with E-state index < -0.39 is 11.7 Å². The van der Waals surface area contributed by atoms with Crippen molar-refractivity contribution in [2.45, 2.75) is 5.75 Å². The molecule has 22 heavy (non-hydrogen) atoms. The third kappa shape index (κ3) is 4.71. The second-order valence-corrected chi connectivity index (χ2v) is 6.04. The Balaban J connectivity index is 1.74. The number of carbonyl (C=O) groups is 1. The van der Waals surface area contributed by atoms with Gasteiger partial charge in [0.1, 0.15) is 11.6 Å². The van der Waals surface area contributed by atoms with Crippen LogP contribution in [-0.2, 0) is 5.75 Å². The highest BCUT2D eigenvalue weighted by molar-refractivity contribution is 7.98. The number of hydrogen-bond donors (Lipinski definition) is 1. The summed E-state index contributed by atoms with van der Waals surface area (Å²) in [7, 11) is 0. The second-order valence-electron chi connectivity index (χ2n) is 4.53. The van der Waals surface area contributed by atoms with Crippen molar-refractivity contribution in [2.24, 2.45) is 0 Å². The molecule has 2 aromatic rings. The van der Waals surface area contributed by atoms with E-state index in [4.69, 9.17) is 11.6 Å². The van der Waals surface area contributed by atoms with Crippen LogP contribution in [0, 0.1) is 11.6 Å². The predicted octanol–water partition coefficient (Wildman–Crippen LogP) is 4.28. The Morgan fingerprint density at radius 2 is 1.86 bits per heavy atom. The van der Waals surface area contributed by atoms with Crippen LogP contribution in [0.3, 0.4) is 0 Å². The Hall–Kier alpha value is -1.59. The highest BCUT2D eigenvalue weighted by Crippen LogP contribution is 2.18. The van der Waals surface area contributed by atoms with Crippen LogP contribution in [0.15, 0.2) is 42.5 Å². The van der Waals surface area contributed by atoms with Gasteiger partial charge < -0.3 is 5.32 Å². The first-order chi connectivity index (χ1) is 10.6. The molecule has 0 saturated carbocycles. The number of benzene rings is 2. The first-order valence-electron chi connectivity index (χ1n) is 6.62. The zero-order valence-corrected chi connectivity index (χ0v) is 13.2. The molecule has 1 N–H and O–H groups in total. The Labute approximate surface area is 136 Å². The van der Waals surface area contributed by atoms with E-state index in [-0.39, 0.29) is 16.4 Å². The summed E-state index contributed by atoms with van der Waals surface area (Å²) in [5.74, 6) is -0.0385. The largest absolute Gasteiger partial charge is 0.351 e. The van der Waals surface area contributed by atoms with Crippen LogP contribution in [0.1, 0.15) is 15.9 Å². The molecular formula is C16H14ClF2NOS. The normalized spacial score (nSPS) is 10.5. The average Bonchev–Trinajstić information content (AvgIpc) is 2.48. The van der Waals surface area contributed by atoms with Crippen molar-refractivity contribution in [1.29, 1.82) is 0 Å². The minimum atomic E-state index is -0.635. The first-order valence-corrected chi connectivity index (χ1v) is 8.15. The molecular weight excluding hydrogens is 328 g/mol. The van der Waals surface area contributed by atoms with E-state index in [2.05, 4.69) is 5.32 Å². The number of carbonyl (C=O) groups excluding carboxylic acids is 1. The van der Waals surface area contributed by atoms with Crippen LogP contribution in [0.5, 0.6) is 0 Å². The molecule has 0 aromatic heterocycles. The summed E-state index contributed by atoms with van der Waals surface area (Å²) in [6.45, 7) is 0.398. The fourth-order valence-corrected chi connectivity index (χ4v) is 2.88. The lowest BCUT2D eigenvalue weighted by molar-refractivity contribution is 0.0952. The summed E-state index contributed by atoms with van der Waals surface area (Å²) in [6, 6.07) is 10.4. The summed E-state index contributed by atoms with van der Waals surface area (Å²) in [4.78, 5) is 11.9. The van der Waals surface area contributed by atoms with Crippen LogP contribution < -0.4 is 5.32 Å². The molecule has 1 amide bonds. The molecule has 2 rings (SSSR count). The molecule has 0 heterocycles. The number of nitrogens with one attached hydrogen (secondary N) is 1. The van der Waals surface area contributed by atoms with Gasteiger partial charge in [0.25, 0.3) is 5.91 Å². The lowest BCUT2D eigenvalue weighted by Gasteiger charge is -2.07. The smallest absolute Gasteiger partial charge is 0.255 e. The molecule has 0 bridgehead atoms. The Morgan fingerprint density at radius 1 is 1.14 bits per heavy atom. The van der Waals surface area contributed by atoms with Crippen LogP contribution >= 0.6 is 23.4 Å². The monoisotopic (exact) mass is 341 g/mol. The molecule has 2 aromatic carbocycles. The Kier molecular flexibility index (Phi) is 6.21. The SMILES string of the molecule is O=C(NCCSCc1ccc(F)cc1)c1c(F)cccc1Cl. The van der Waals surface area contributed by atoms with E-state index >= 15 is 0 Å². The van der Waals surface area contributed by atoms with Crippen molar-refractivity contribution >= 4 is 29.3 Å². The van der Waals surface area contributed by atoms with Crippen molar-refractivity contribution in [3.05, 3.63) is 70.2 Å². The molecule has 0 atom stereocenters. The third-order valence-electron chi connectivity index (χ3n) is 2.90. The van der Waals surface area contributed by atoms with Gasteiger partial charge in [0.15, 0.2) is 0 Å².